The Morgan fingerprint density at radius 3 is 2.30 bits per heavy atom. The van der Waals surface area contributed by atoms with Gasteiger partial charge in [-0.25, -0.2) is 4.79 Å². The molecule has 1 aliphatic heterocycles. The topological polar surface area (TPSA) is 162 Å². The van der Waals surface area contributed by atoms with Crippen LogP contribution >= 0.6 is 0 Å². The number of nitrogens with zero attached hydrogens (tertiary/aromatic N) is 4. The lowest BCUT2D eigenvalue weighted by Gasteiger charge is -2.26. The molecule has 1 aliphatic carbocycles. The average molecular weight is 593 g/mol. The van der Waals surface area contributed by atoms with Crippen LogP contribution in [0.15, 0.2) is 60.7 Å². The summed E-state index contributed by atoms with van der Waals surface area (Å²) >= 11 is 0. The predicted octanol–water partition coefficient (Wildman–Crippen LogP) is 4.82. The molecule has 5 amide bonds. The largest absolute Gasteiger partial charge is 0.326 e. The second-order valence-electron chi connectivity index (χ2n) is 12.1. The fourth-order valence-electron chi connectivity index (χ4n) is 5.21. The van der Waals surface area contributed by atoms with E-state index in [1.807, 2.05) is 24.3 Å². The fourth-order valence-corrected chi connectivity index (χ4v) is 5.21. The number of aromatic amines is 1. The molecule has 12 nitrogen and oxygen atoms in total. The molecule has 0 unspecified atom stereocenters. The number of rotatable bonds is 8. The minimum absolute atomic E-state index is 0.0649. The number of amides is 5. The number of tetrazole rings is 1. The molecule has 0 bridgehead atoms. The van der Waals surface area contributed by atoms with Crippen LogP contribution in [0.25, 0.3) is 0 Å². The van der Waals surface area contributed by atoms with Crippen molar-refractivity contribution in [3.8, 4) is 0 Å². The van der Waals surface area contributed by atoms with E-state index >= 15 is 0 Å². The molecule has 0 spiro atoms. The number of fused-ring (bicyclic) bond motifs is 1. The van der Waals surface area contributed by atoms with E-state index in [1.54, 1.807) is 41.3 Å². The Hall–Kier alpha value is -5.39. The summed E-state index contributed by atoms with van der Waals surface area (Å²) in [5, 5.41) is 21.1. The van der Waals surface area contributed by atoms with Gasteiger partial charge in [0.15, 0.2) is 0 Å². The lowest BCUT2D eigenvalue weighted by atomic mass is 9.87. The number of aromatic nitrogens is 4. The van der Waals surface area contributed by atoms with Gasteiger partial charge in [-0.15, -0.1) is 5.10 Å². The maximum Gasteiger partial charge on any atom is 0.326 e. The van der Waals surface area contributed by atoms with E-state index in [-0.39, 0.29) is 17.9 Å². The molecule has 12 heteroatoms. The summed E-state index contributed by atoms with van der Waals surface area (Å²) in [5.74, 6) is -0.773. The van der Waals surface area contributed by atoms with Crippen molar-refractivity contribution in [1.82, 2.24) is 25.9 Å². The molecule has 44 heavy (non-hydrogen) atoms. The third kappa shape index (κ3) is 6.05. The molecule has 2 aliphatic rings. The molecule has 0 radical (unpaired) electrons. The van der Waals surface area contributed by atoms with E-state index in [0.29, 0.717) is 46.0 Å². The van der Waals surface area contributed by atoms with Gasteiger partial charge in [-0.05, 0) is 88.9 Å². The number of anilines is 3. The van der Waals surface area contributed by atoms with Crippen molar-refractivity contribution < 1.29 is 19.2 Å². The molecule has 2 heterocycles. The van der Waals surface area contributed by atoms with Gasteiger partial charge in [0.1, 0.15) is 0 Å². The Morgan fingerprint density at radius 1 is 0.932 bits per heavy atom. The van der Waals surface area contributed by atoms with Crippen molar-refractivity contribution in [1.29, 1.82) is 0 Å². The number of carbonyl (C=O) groups excluding carboxylic acids is 4. The quantitative estimate of drug-likeness (QED) is 0.213. The van der Waals surface area contributed by atoms with E-state index in [1.165, 1.54) is 0 Å². The number of hydrogen-bond acceptors (Lipinski definition) is 7. The first kappa shape index (κ1) is 28.7. The second-order valence-corrected chi connectivity index (χ2v) is 12.1. The van der Waals surface area contributed by atoms with Crippen LogP contribution in [-0.4, -0.2) is 44.4 Å². The van der Waals surface area contributed by atoms with E-state index in [4.69, 9.17) is 0 Å². The van der Waals surface area contributed by atoms with Crippen molar-refractivity contribution in [3.05, 3.63) is 94.0 Å². The van der Waals surface area contributed by atoms with Crippen molar-refractivity contribution >= 4 is 41.1 Å². The lowest BCUT2D eigenvalue weighted by Crippen LogP contribution is -2.35. The Morgan fingerprint density at radius 2 is 1.66 bits per heavy atom. The highest BCUT2D eigenvalue weighted by molar-refractivity contribution is 6.23. The smallest absolute Gasteiger partial charge is 0.307 e. The summed E-state index contributed by atoms with van der Waals surface area (Å²) < 4.78 is 0. The molecule has 224 valence electrons. The monoisotopic (exact) mass is 592 g/mol. The van der Waals surface area contributed by atoms with Gasteiger partial charge in [0.05, 0.1) is 17.7 Å². The van der Waals surface area contributed by atoms with Crippen LogP contribution in [0.4, 0.5) is 22.1 Å². The molecule has 1 saturated carbocycles. The molecule has 1 fully saturated rings. The average Bonchev–Trinajstić information content (AvgIpc) is 3.57. The molecule has 3 aromatic carbocycles. The zero-order valence-electron chi connectivity index (χ0n) is 24.6. The van der Waals surface area contributed by atoms with Crippen LogP contribution < -0.4 is 20.9 Å². The van der Waals surface area contributed by atoms with Crippen molar-refractivity contribution in [3.63, 3.8) is 0 Å². The number of H-pyrrole nitrogens is 1. The van der Waals surface area contributed by atoms with Crippen molar-refractivity contribution in [2.45, 2.75) is 52.0 Å². The maximum absolute atomic E-state index is 14.0. The van der Waals surface area contributed by atoms with Gasteiger partial charge in [0.25, 0.3) is 23.7 Å². The summed E-state index contributed by atoms with van der Waals surface area (Å²) in [6, 6.07) is 17.6. The highest BCUT2D eigenvalue weighted by Gasteiger charge is 2.34. The van der Waals surface area contributed by atoms with Crippen LogP contribution in [0, 0.1) is 5.92 Å². The van der Waals surface area contributed by atoms with Gasteiger partial charge in [-0.2, -0.15) is 5.21 Å². The lowest BCUT2D eigenvalue weighted by molar-refractivity contribution is 0.0878. The maximum atomic E-state index is 14.0. The Labute approximate surface area is 253 Å². The van der Waals surface area contributed by atoms with Crippen LogP contribution in [0.5, 0.6) is 0 Å². The number of nitrogens with one attached hydrogen (secondary N) is 4. The van der Waals surface area contributed by atoms with Crippen molar-refractivity contribution in [2.75, 3.05) is 15.5 Å². The van der Waals surface area contributed by atoms with Crippen LogP contribution in [0.3, 0.4) is 0 Å². The molecule has 0 saturated heterocycles. The highest BCUT2D eigenvalue weighted by Crippen LogP contribution is 2.38. The summed E-state index contributed by atoms with van der Waals surface area (Å²) in [5.41, 5.74) is 4.78. The van der Waals surface area contributed by atoms with E-state index in [9.17, 15) is 19.2 Å². The predicted molar refractivity (Wildman–Crippen MR) is 164 cm³/mol. The SMILES string of the molecule is CC(C)(C)c1ccc(N(Cc2ccc(C(=O)Nc3nn[nH]n3)cc2)C(=O)Nc2ccc3c(c2CC2CC2)C(=O)NC3=O)cc1. The molecular formula is C32H32N8O4. The normalized spacial score (nSPS) is 14.2. The minimum Gasteiger partial charge on any atom is -0.307 e. The number of carbonyl (C=O) groups is 4. The summed E-state index contributed by atoms with van der Waals surface area (Å²) in [4.78, 5) is 53.2. The summed E-state index contributed by atoms with van der Waals surface area (Å²) in [7, 11) is 0. The third-order valence-corrected chi connectivity index (χ3v) is 7.86. The van der Waals surface area contributed by atoms with Gasteiger partial charge >= 0.3 is 6.03 Å². The highest BCUT2D eigenvalue weighted by atomic mass is 16.2. The molecule has 0 atom stereocenters. The molecule has 6 rings (SSSR count). The zero-order chi connectivity index (χ0) is 31.0. The first-order valence-corrected chi connectivity index (χ1v) is 14.4. The third-order valence-electron chi connectivity index (χ3n) is 7.86. The Kier molecular flexibility index (Phi) is 7.41. The Balaban J connectivity index is 1.29. The van der Waals surface area contributed by atoms with Gasteiger partial charge in [-0.3, -0.25) is 29.9 Å². The minimum atomic E-state index is -0.435. The van der Waals surface area contributed by atoms with Crippen LogP contribution in [0.1, 0.15) is 81.4 Å². The zero-order valence-corrected chi connectivity index (χ0v) is 24.6. The molecule has 1 aromatic heterocycles. The molecular weight excluding hydrogens is 560 g/mol. The van der Waals surface area contributed by atoms with Crippen molar-refractivity contribution in [2.24, 2.45) is 5.92 Å². The summed E-state index contributed by atoms with van der Waals surface area (Å²) in [6.07, 6.45) is 2.69. The number of hydrogen-bond donors (Lipinski definition) is 4. The number of urea groups is 1. The number of benzene rings is 3. The first-order chi connectivity index (χ1) is 21.1. The van der Waals surface area contributed by atoms with Crippen LogP contribution in [-0.2, 0) is 18.4 Å². The van der Waals surface area contributed by atoms with Gasteiger partial charge in [0.2, 0.25) is 0 Å². The van der Waals surface area contributed by atoms with Crippen LogP contribution in [0.2, 0.25) is 0 Å². The molecule has 4 N–H and O–H groups in total. The standard InChI is InChI=1S/C32H32N8O4/c1-32(2,3)21-10-12-22(13-11-21)40(17-19-6-8-20(9-7-19)27(41)35-30-36-38-39-37-30)31(44)33-25-15-14-23-26(29(43)34-28(23)42)24(25)16-18-4-5-18/h6-15,18H,4-5,16-17H2,1-3H3,(H,33,44)(H,34,42,43)(H2,35,36,37,38,39,41). The van der Waals surface area contributed by atoms with E-state index in [0.717, 1.165) is 24.0 Å². The van der Waals surface area contributed by atoms with E-state index in [2.05, 4.69) is 57.3 Å². The fraction of sp³-hybridized carbons (Fsp3) is 0.281. The Bertz CT molecular complexity index is 1740. The summed E-state index contributed by atoms with van der Waals surface area (Å²) in [6.45, 7) is 6.58. The second kappa shape index (κ2) is 11.4. The van der Waals surface area contributed by atoms with Gasteiger partial charge in [-0.1, -0.05) is 50.1 Å². The molecule has 4 aromatic rings. The number of imide groups is 1. The van der Waals surface area contributed by atoms with Gasteiger partial charge < -0.3 is 5.32 Å². The van der Waals surface area contributed by atoms with Gasteiger partial charge in [0, 0.05) is 16.9 Å². The first-order valence-electron chi connectivity index (χ1n) is 14.4. The van der Waals surface area contributed by atoms with E-state index < -0.39 is 23.8 Å².